The van der Waals surface area contributed by atoms with Crippen LogP contribution in [0.3, 0.4) is 0 Å². The molecule has 0 amide bonds. The van der Waals surface area contributed by atoms with Gasteiger partial charge in [-0.1, -0.05) is 0 Å². The van der Waals surface area contributed by atoms with Gasteiger partial charge in [-0.3, -0.25) is 0 Å². The first-order valence-corrected chi connectivity index (χ1v) is 4.51. The molecule has 0 fully saturated rings. The molecule has 0 spiro atoms. The van der Waals surface area contributed by atoms with Crippen molar-refractivity contribution in [2.45, 2.75) is 20.0 Å². The molecule has 2 rings (SSSR count). The van der Waals surface area contributed by atoms with Crippen LogP contribution in [0.1, 0.15) is 13.8 Å². The van der Waals surface area contributed by atoms with Crippen molar-refractivity contribution >= 4 is 22.5 Å². The molecular weight excluding hydrogens is 180 g/mol. The molecule has 5 N–H and O–H groups in total. The third-order valence-electron chi connectivity index (χ3n) is 2.03. The fraction of sp³-hybridized carbons (Fsp3) is 0.333. The smallest absolute Gasteiger partial charge is 0.166 e. The molecule has 0 aliphatic carbocycles. The minimum absolute atomic E-state index is 0.0515. The highest BCUT2D eigenvalue weighted by Gasteiger charge is 2.14. The molecule has 0 aromatic carbocycles. The van der Waals surface area contributed by atoms with Crippen molar-refractivity contribution in [1.82, 2.24) is 9.71 Å². The number of hydrogen-bond donors (Lipinski definition) is 3. The van der Waals surface area contributed by atoms with E-state index in [1.807, 2.05) is 19.9 Å². The Balaban J connectivity index is 2.61. The van der Waals surface area contributed by atoms with Crippen LogP contribution in [0.4, 0.5) is 11.5 Å². The number of aromatic nitrogens is 2. The number of nitrogens with two attached hydrogens (primary N) is 2. The lowest BCUT2D eigenvalue weighted by Crippen LogP contribution is -2.20. The normalized spacial score (nSPS) is 11.4. The fourth-order valence-corrected chi connectivity index (χ4v) is 1.43. The van der Waals surface area contributed by atoms with E-state index in [0.717, 1.165) is 11.0 Å². The summed E-state index contributed by atoms with van der Waals surface area (Å²) in [4.78, 5) is 8.55. The fourth-order valence-electron chi connectivity index (χ4n) is 1.43. The summed E-state index contributed by atoms with van der Waals surface area (Å²) >= 11 is 0. The van der Waals surface area contributed by atoms with Gasteiger partial charge < -0.3 is 21.3 Å². The summed E-state index contributed by atoms with van der Waals surface area (Å²) in [6.45, 7) is 3.87. The van der Waals surface area contributed by atoms with E-state index in [1.165, 1.54) is 4.73 Å². The molecule has 0 saturated heterocycles. The third kappa shape index (κ3) is 1.09. The topological polar surface area (TPSA) is 82.0 Å². The number of nitrogens with zero attached hydrogens (tertiary/aromatic N) is 1. The molecule has 2 aromatic heterocycles. The maximum absolute atomic E-state index is 5.81. The number of hydrogen-bond acceptors (Lipinski definition) is 3. The highest BCUT2D eigenvalue weighted by Crippen LogP contribution is 2.28. The molecule has 2 aromatic rings. The minimum atomic E-state index is 0.0515. The molecule has 0 atom stereocenters. The van der Waals surface area contributed by atoms with Gasteiger partial charge in [0.25, 0.3) is 0 Å². The van der Waals surface area contributed by atoms with Gasteiger partial charge >= 0.3 is 0 Å². The van der Waals surface area contributed by atoms with E-state index < -0.39 is 0 Å². The summed E-state index contributed by atoms with van der Waals surface area (Å²) in [5, 5.41) is 0.892. The van der Waals surface area contributed by atoms with E-state index in [2.05, 4.69) is 4.98 Å². The molecule has 0 radical (unpaired) electrons. The molecule has 14 heavy (non-hydrogen) atoms. The average molecular weight is 194 g/mol. The first-order chi connectivity index (χ1) is 6.61. The molecule has 5 heteroatoms. The maximum atomic E-state index is 5.81. The Bertz CT molecular complexity index is 455. The zero-order chi connectivity index (χ0) is 10.3. The zero-order valence-corrected chi connectivity index (χ0v) is 8.24. The van der Waals surface area contributed by atoms with E-state index in [-0.39, 0.29) is 6.10 Å². The van der Waals surface area contributed by atoms with Crippen molar-refractivity contribution in [3.8, 4) is 0 Å². The average Bonchev–Trinajstić information content (AvgIpc) is 2.65. The van der Waals surface area contributed by atoms with Crippen LogP contribution in [0.15, 0.2) is 12.3 Å². The maximum Gasteiger partial charge on any atom is 0.166 e. The zero-order valence-electron chi connectivity index (χ0n) is 8.24. The second kappa shape index (κ2) is 2.87. The summed E-state index contributed by atoms with van der Waals surface area (Å²) in [7, 11) is 0. The number of nitrogen functional groups attached to an aromatic ring is 2. The third-order valence-corrected chi connectivity index (χ3v) is 2.03. The van der Waals surface area contributed by atoms with Gasteiger partial charge in [0.05, 0.1) is 5.69 Å². The van der Waals surface area contributed by atoms with E-state index in [4.69, 9.17) is 16.3 Å². The van der Waals surface area contributed by atoms with Crippen LogP contribution in [-0.2, 0) is 0 Å². The van der Waals surface area contributed by atoms with Crippen molar-refractivity contribution in [2.24, 2.45) is 0 Å². The Morgan fingerprint density at radius 3 is 2.79 bits per heavy atom. The van der Waals surface area contributed by atoms with E-state index in [1.54, 1.807) is 6.20 Å². The van der Waals surface area contributed by atoms with Crippen LogP contribution >= 0.6 is 0 Å². The lowest BCUT2D eigenvalue weighted by atomic mass is 10.3. The molecule has 0 unspecified atom stereocenters. The van der Waals surface area contributed by atoms with Crippen LogP contribution in [0.25, 0.3) is 11.0 Å². The van der Waals surface area contributed by atoms with E-state index >= 15 is 0 Å². The van der Waals surface area contributed by atoms with Gasteiger partial charge in [0, 0.05) is 11.6 Å². The largest absolute Gasteiger partial charge is 0.408 e. The molecule has 0 aliphatic heterocycles. The van der Waals surface area contributed by atoms with Gasteiger partial charge in [-0.2, -0.15) is 0 Å². The van der Waals surface area contributed by atoms with Crippen molar-refractivity contribution in [3.63, 3.8) is 0 Å². The molecule has 0 aliphatic rings. The SMILES string of the molecule is CC(C)On1c(N)c(N)c2cc[nH]c21. The number of H-pyrrole nitrogens is 1. The number of aromatic amines is 1. The van der Waals surface area contributed by atoms with Crippen molar-refractivity contribution in [3.05, 3.63) is 12.3 Å². The Morgan fingerprint density at radius 2 is 2.14 bits per heavy atom. The molecule has 0 bridgehead atoms. The molecule has 76 valence electrons. The van der Waals surface area contributed by atoms with Gasteiger partial charge in [-0.25, -0.2) is 0 Å². The molecular formula is C9H14N4O. The van der Waals surface area contributed by atoms with Gasteiger partial charge in [0.1, 0.15) is 6.10 Å². The number of nitrogens with one attached hydrogen (secondary N) is 1. The summed E-state index contributed by atoms with van der Waals surface area (Å²) in [6, 6.07) is 1.88. The number of fused-ring (bicyclic) bond motifs is 1. The van der Waals surface area contributed by atoms with Crippen LogP contribution in [0.2, 0.25) is 0 Å². The molecule has 0 saturated carbocycles. The summed E-state index contributed by atoms with van der Waals surface area (Å²) in [5.41, 5.74) is 13.0. The van der Waals surface area contributed by atoms with Crippen molar-refractivity contribution < 1.29 is 4.84 Å². The Kier molecular flexibility index (Phi) is 1.80. The van der Waals surface area contributed by atoms with Crippen LogP contribution in [-0.4, -0.2) is 15.8 Å². The Labute approximate surface area is 81.6 Å². The van der Waals surface area contributed by atoms with Crippen LogP contribution in [0, 0.1) is 0 Å². The lowest BCUT2D eigenvalue weighted by molar-refractivity contribution is 0.0718. The summed E-state index contributed by atoms with van der Waals surface area (Å²) in [5.74, 6) is 0.445. The summed E-state index contributed by atoms with van der Waals surface area (Å²) < 4.78 is 1.54. The predicted molar refractivity (Wildman–Crippen MR) is 56.8 cm³/mol. The molecule has 2 heterocycles. The Morgan fingerprint density at radius 1 is 1.43 bits per heavy atom. The minimum Gasteiger partial charge on any atom is -0.408 e. The van der Waals surface area contributed by atoms with Crippen LogP contribution < -0.4 is 16.3 Å². The molecule has 5 nitrogen and oxygen atoms in total. The highest BCUT2D eigenvalue weighted by atomic mass is 16.7. The van der Waals surface area contributed by atoms with Crippen molar-refractivity contribution in [1.29, 1.82) is 0 Å². The quantitative estimate of drug-likeness (QED) is 0.666. The predicted octanol–water partition coefficient (Wildman–Crippen LogP) is 0.971. The van der Waals surface area contributed by atoms with Crippen LogP contribution in [0.5, 0.6) is 0 Å². The van der Waals surface area contributed by atoms with E-state index in [0.29, 0.717) is 11.5 Å². The highest BCUT2D eigenvalue weighted by molar-refractivity contribution is 5.96. The van der Waals surface area contributed by atoms with E-state index in [9.17, 15) is 0 Å². The van der Waals surface area contributed by atoms with Gasteiger partial charge in [-0.15, -0.1) is 4.73 Å². The second-order valence-corrected chi connectivity index (χ2v) is 3.49. The monoisotopic (exact) mass is 194 g/mol. The van der Waals surface area contributed by atoms with Crippen molar-refractivity contribution in [2.75, 3.05) is 11.5 Å². The first kappa shape index (κ1) is 8.80. The second-order valence-electron chi connectivity index (χ2n) is 3.49. The first-order valence-electron chi connectivity index (χ1n) is 4.51. The summed E-state index contributed by atoms with van der Waals surface area (Å²) in [6.07, 6.45) is 1.86. The number of rotatable bonds is 2. The Hall–Kier alpha value is -1.78. The van der Waals surface area contributed by atoms with Gasteiger partial charge in [0.15, 0.2) is 11.5 Å². The lowest BCUT2D eigenvalue weighted by Gasteiger charge is -2.12. The number of anilines is 2. The van der Waals surface area contributed by atoms with Gasteiger partial charge in [0.2, 0.25) is 0 Å². The standard InChI is InChI=1S/C9H14N4O/c1-5(2)14-13-8(11)7(10)6-3-4-12-9(6)13/h3-5,12H,10-11H2,1-2H3. The van der Waals surface area contributed by atoms with Gasteiger partial charge in [-0.05, 0) is 19.9 Å².